The maximum Gasteiger partial charge on any atom is 0.354 e. The van der Waals surface area contributed by atoms with E-state index in [0.29, 0.717) is 17.2 Å². The molecule has 0 amide bonds. The molecule has 3 aliphatic heterocycles. The molecule has 1 aromatic carbocycles. The molecule has 1 saturated carbocycles. The van der Waals surface area contributed by atoms with Crippen LogP contribution in [0.25, 0.3) is 16.6 Å². The number of sulfonamides is 1. The summed E-state index contributed by atoms with van der Waals surface area (Å²) in [5.74, 6) is -0.304. The number of ether oxygens (including phenoxy) is 1. The topological polar surface area (TPSA) is 80.6 Å². The van der Waals surface area contributed by atoms with E-state index in [4.69, 9.17) is 4.74 Å². The van der Waals surface area contributed by atoms with Crippen LogP contribution >= 0.6 is 0 Å². The Labute approximate surface area is 213 Å². The number of hydrogen-bond acceptors (Lipinski definition) is 5. The molecule has 4 aliphatic rings. The molecule has 0 unspecified atom stereocenters. The summed E-state index contributed by atoms with van der Waals surface area (Å²) in [5.41, 5.74) is 3.72. The molecular weight excluding hydrogens is 474 g/mol. The summed E-state index contributed by atoms with van der Waals surface area (Å²) in [7, 11) is -3.62. The molecule has 2 atom stereocenters. The van der Waals surface area contributed by atoms with Gasteiger partial charge in [-0.3, -0.25) is 4.90 Å². The van der Waals surface area contributed by atoms with Crippen LogP contribution in [0, 0.1) is 5.41 Å². The average Bonchev–Trinajstić information content (AvgIpc) is 3.22. The fourth-order valence-electron chi connectivity index (χ4n) is 7.34. The molecule has 36 heavy (non-hydrogen) atoms. The lowest BCUT2D eigenvalue weighted by atomic mass is 9.66. The van der Waals surface area contributed by atoms with Crippen molar-refractivity contribution in [2.24, 2.45) is 5.41 Å². The zero-order valence-electron chi connectivity index (χ0n) is 21.4. The van der Waals surface area contributed by atoms with E-state index in [1.54, 1.807) is 6.07 Å². The van der Waals surface area contributed by atoms with Crippen molar-refractivity contribution in [3.05, 3.63) is 35.5 Å². The number of nitrogens with zero attached hydrogens (tertiary/aromatic N) is 2. The number of rotatable bonds is 6. The molecule has 4 heterocycles. The number of nitrogens with one attached hydrogen (secondary N) is 1. The minimum Gasteiger partial charge on any atom is -0.461 e. The first-order valence-electron chi connectivity index (χ1n) is 13.7. The number of esters is 1. The van der Waals surface area contributed by atoms with E-state index >= 15 is 0 Å². The van der Waals surface area contributed by atoms with Crippen molar-refractivity contribution < 1.29 is 17.9 Å². The maximum absolute atomic E-state index is 13.4. The molecule has 1 saturated heterocycles. The highest BCUT2D eigenvalue weighted by molar-refractivity contribution is 7.89. The van der Waals surface area contributed by atoms with Crippen LogP contribution in [-0.2, 0) is 26.0 Å². The van der Waals surface area contributed by atoms with E-state index in [1.807, 2.05) is 19.1 Å². The summed E-state index contributed by atoms with van der Waals surface area (Å²) in [6, 6.07) is 5.65. The first kappa shape index (κ1) is 24.2. The number of benzene rings is 1. The summed E-state index contributed by atoms with van der Waals surface area (Å²) in [4.78, 5) is 16.2. The molecule has 7 nitrogen and oxygen atoms in total. The third-order valence-electron chi connectivity index (χ3n) is 9.03. The van der Waals surface area contributed by atoms with Gasteiger partial charge in [0.25, 0.3) is 0 Å². The van der Waals surface area contributed by atoms with Gasteiger partial charge in [-0.25, -0.2) is 17.9 Å². The highest BCUT2D eigenvalue weighted by Crippen LogP contribution is 2.57. The van der Waals surface area contributed by atoms with Crippen molar-refractivity contribution in [2.75, 3.05) is 19.7 Å². The van der Waals surface area contributed by atoms with Crippen molar-refractivity contribution in [1.29, 1.82) is 0 Å². The molecule has 0 radical (unpaired) electrons. The third kappa shape index (κ3) is 3.67. The maximum atomic E-state index is 13.4. The highest BCUT2D eigenvalue weighted by Gasteiger charge is 2.51. The largest absolute Gasteiger partial charge is 0.461 e. The number of fused-ring (bicyclic) bond motifs is 3. The van der Waals surface area contributed by atoms with Gasteiger partial charge in [-0.2, -0.15) is 0 Å². The Morgan fingerprint density at radius 2 is 1.94 bits per heavy atom. The van der Waals surface area contributed by atoms with Crippen molar-refractivity contribution in [1.82, 2.24) is 14.2 Å². The van der Waals surface area contributed by atoms with E-state index < -0.39 is 10.0 Å². The monoisotopic (exact) mass is 511 g/mol. The van der Waals surface area contributed by atoms with Crippen LogP contribution in [0.2, 0.25) is 0 Å². The van der Waals surface area contributed by atoms with E-state index in [2.05, 4.69) is 27.2 Å². The number of hydrogen-bond donors (Lipinski definition) is 1. The Morgan fingerprint density at radius 3 is 2.69 bits per heavy atom. The van der Waals surface area contributed by atoms with Crippen LogP contribution in [0.15, 0.2) is 29.2 Å². The Balaban J connectivity index is 1.51. The minimum absolute atomic E-state index is 0.0133. The van der Waals surface area contributed by atoms with E-state index in [0.717, 1.165) is 81.1 Å². The molecular formula is C28H37N3O4S. The Bertz CT molecular complexity index is 1340. The predicted octanol–water partition coefficient (Wildman–Crippen LogP) is 4.76. The van der Waals surface area contributed by atoms with Gasteiger partial charge in [0.2, 0.25) is 10.0 Å². The van der Waals surface area contributed by atoms with Crippen molar-refractivity contribution in [3.8, 4) is 0 Å². The van der Waals surface area contributed by atoms with Gasteiger partial charge in [0.1, 0.15) is 5.70 Å². The SMILES string of the molecule is CCOC(=O)C1=C[C@]2(CC)CCCN3CCc4c(n1c1ccc(S(=O)(=O)NC5CCCCC5)cc41)[C@@H]32. The first-order valence-corrected chi connectivity index (χ1v) is 15.2. The second-order valence-corrected chi connectivity index (χ2v) is 12.7. The fraction of sp³-hybridized carbons (Fsp3) is 0.607. The number of carbonyl (C=O) groups is 1. The van der Waals surface area contributed by atoms with Crippen LogP contribution in [0.1, 0.15) is 82.5 Å². The second kappa shape index (κ2) is 8.99. The third-order valence-corrected chi connectivity index (χ3v) is 10.6. The van der Waals surface area contributed by atoms with Crippen LogP contribution in [0.3, 0.4) is 0 Å². The standard InChI is InChI=1S/C28H37N3O4S/c1-3-28-14-8-15-30-16-13-21-22-17-20(36(33,34)29-19-9-6-5-7-10-19)11-12-23(22)31(25(21)26(28)30)24(18-28)27(32)35-4-2/h11-12,17-19,26,29H,3-10,13-16H2,1-2H3/t26-,28+/m1/s1. The van der Waals surface area contributed by atoms with Crippen molar-refractivity contribution in [2.45, 2.75) is 88.6 Å². The fourth-order valence-corrected chi connectivity index (χ4v) is 8.67. The predicted molar refractivity (Wildman–Crippen MR) is 140 cm³/mol. The van der Waals surface area contributed by atoms with Crippen LogP contribution < -0.4 is 4.72 Å². The number of aromatic nitrogens is 1. The van der Waals surface area contributed by atoms with Crippen LogP contribution in [0.4, 0.5) is 0 Å². The van der Waals surface area contributed by atoms with Crippen molar-refractivity contribution >= 4 is 32.6 Å². The summed E-state index contributed by atoms with van der Waals surface area (Å²) in [5, 5.41) is 0.948. The molecule has 1 N–H and O–H groups in total. The lowest BCUT2D eigenvalue weighted by Crippen LogP contribution is -2.51. The Hall–Kier alpha value is -2.16. The van der Waals surface area contributed by atoms with Crippen LogP contribution in [-0.4, -0.2) is 49.6 Å². The molecule has 2 fully saturated rings. The minimum atomic E-state index is -3.62. The zero-order valence-corrected chi connectivity index (χ0v) is 22.2. The van der Waals surface area contributed by atoms with Gasteiger partial charge in [0.15, 0.2) is 0 Å². The second-order valence-electron chi connectivity index (χ2n) is 11.0. The van der Waals surface area contributed by atoms with E-state index in [1.165, 1.54) is 12.0 Å². The smallest absolute Gasteiger partial charge is 0.354 e. The summed E-state index contributed by atoms with van der Waals surface area (Å²) < 4.78 is 37.3. The summed E-state index contributed by atoms with van der Waals surface area (Å²) in [6.07, 6.45) is 11.3. The van der Waals surface area contributed by atoms with Gasteiger partial charge in [-0.15, -0.1) is 0 Å². The zero-order chi connectivity index (χ0) is 25.1. The summed E-state index contributed by atoms with van der Waals surface area (Å²) in [6.45, 7) is 6.39. The van der Waals surface area contributed by atoms with Gasteiger partial charge < -0.3 is 9.30 Å². The summed E-state index contributed by atoms with van der Waals surface area (Å²) >= 11 is 0. The van der Waals surface area contributed by atoms with E-state index in [9.17, 15) is 13.2 Å². The number of carbonyl (C=O) groups excluding carboxylic acids is 1. The molecule has 8 heteroatoms. The van der Waals surface area contributed by atoms with Gasteiger partial charge in [-0.1, -0.05) is 26.2 Å². The van der Waals surface area contributed by atoms with Gasteiger partial charge in [0.05, 0.1) is 23.1 Å². The van der Waals surface area contributed by atoms with E-state index in [-0.39, 0.29) is 23.5 Å². The molecule has 2 aromatic rings. The lowest BCUT2D eigenvalue weighted by Gasteiger charge is -2.53. The number of piperidine rings is 1. The Kier molecular flexibility index (Phi) is 6.04. The molecule has 0 spiro atoms. The van der Waals surface area contributed by atoms with Gasteiger partial charge in [0, 0.05) is 29.1 Å². The molecule has 194 valence electrons. The lowest BCUT2D eigenvalue weighted by molar-refractivity contribution is -0.136. The average molecular weight is 512 g/mol. The molecule has 1 aliphatic carbocycles. The van der Waals surface area contributed by atoms with Crippen LogP contribution in [0.5, 0.6) is 0 Å². The first-order chi connectivity index (χ1) is 17.4. The van der Waals surface area contributed by atoms with Gasteiger partial charge >= 0.3 is 5.97 Å². The van der Waals surface area contributed by atoms with Gasteiger partial charge in [-0.05, 0) is 81.8 Å². The quantitative estimate of drug-likeness (QED) is 0.566. The molecule has 0 bridgehead atoms. The Morgan fingerprint density at radius 1 is 1.14 bits per heavy atom. The highest BCUT2D eigenvalue weighted by atomic mass is 32.2. The molecule has 6 rings (SSSR count). The molecule has 1 aromatic heterocycles. The van der Waals surface area contributed by atoms with Crippen molar-refractivity contribution in [3.63, 3.8) is 0 Å². The normalized spacial score (nSPS) is 26.5.